The molecule has 1 saturated carbocycles. The molecule has 126 valence electrons. The third-order valence-corrected chi connectivity index (χ3v) is 5.94. The Kier molecular flexibility index (Phi) is 6.36. The van der Waals surface area contributed by atoms with Crippen molar-refractivity contribution in [2.75, 3.05) is 5.75 Å². The van der Waals surface area contributed by atoms with E-state index in [1.54, 1.807) is 0 Å². The maximum atomic E-state index is 12.4. The lowest BCUT2D eigenvalue weighted by atomic mass is 9.99. The molecule has 0 unspecified atom stereocenters. The van der Waals surface area contributed by atoms with Gasteiger partial charge >= 0.3 is 0 Å². The molecule has 3 heteroatoms. The predicted octanol–water partition coefficient (Wildman–Crippen LogP) is 4.76. The Bertz CT molecular complexity index is 623. The number of amides is 1. The third-order valence-electron chi connectivity index (χ3n) is 4.57. The molecule has 3 rings (SSSR count). The van der Waals surface area contributed by atoms with Crippen molar-refractivity contribution in [3.63, 3.8) is 0 Å². The first-order valence-corrected chi connectivity index (χ1v) is 9.86. The predicted molar refractivity (Wildman–Crippen MR) is 102 cm³/mol. The molecular formula is C21H25NOS. The molecule has 2 nitrogen and oxygen atoms in total. The number of thioether (sulfide) groups is 1. The molecule has 1 amide bonds. The summed E-state index contributed by atoms with van der Waals surface area (Å²) < 4.78 is 0. The van der Waals surface area contributed by atoms with E-state index in [4.69, 9.17) is 0 Å². The standard InChI is InChI=1S/C21H25NOS/c23-21(16-24-19-13-7-8-14-19)22-20(18-11-5-2-6-12-18)15-17-9-3-1-4-10-17/h1-6,9-12,19-20H,7-8,13-16H2,(H,22,23)/t20-/m1/s1. The first-order valence-electron chi connectivity index (χ1n) is 8.81. The Morgan fingerprint density at radius 2 is 1.62 bits per heavy atom. The van der Waals surface area contributed by atoms with Crippen molar-refractivity contribution >= 4 is 17.7 Å². The summed E-state index contributed by atoms with van der Waals surface area (Å²) in [6.45, 7) is 0. The van der Waals surface area contributed by atoms with Gasteiger partial charge in [-0.2, -0.15) is 0 Å². The molecule has 0 saturated heterocycles. The molecule has 24 heavy (non-hydrogen) atoms. The molecule has 0 spiro atoms. The molecule has 2 aromatic carbocycles. The van der Waals surface area contributed by atoms with Crippen LogP contribution in [0.5, 0.6) is 0 Å². The van der Waals surface area contributed by atoms with Gasteiger partial charge in [0.2, 0.25) is 5.91 Å². The van der Waals surface area contributed by atoms with E-state index >= 15 is 0 Å². The number of hydrogen-bond acceptors (Lipinski definition) is 2. The van der Waals surface area contributed by atoms with Crippen LogP contribution >= 0.6 is 11.8 Å². The number of hydrogen-bond donors (Lipinski definition) is 1. The summed E-state index contributed by atoms with van der Waals surface area (Å²) in [5.74, 6) is 0.722. The lowest BCUT2D eigenvalue weighted by Gasteiger charge is -2.20. The van der Waals surface area contributed by atoms with E-state index in [1.165, 1.54) is 36.8 Å². The van der Waals surface area contributed by atoms with Crippen LogP contribution < -0.4 is 5.32 Å². The summed E-state index contributed by atoms with van der Waals surface area (Å²) in [5.41, 5.74) is 2.41. The van der Waals surface area contributed by atoms with Crippen molar-refractivity contribution in [3.8, 4) is 0 Å². The molecule has 1 atom stereocenters. The summed E-state index contributed by atoms with van der Waals surface area (Å²) in [5, 5.41) is 3.93. The quantitative estimate of drug-likeness (QED) is 0.788. The number of nitrogens with one attached hydrogen (secondary N) is 1. The van der Waals surface area contributed by atoms with Crippen molar-refractivity contribution in [2.24, 2.45) is 0 Å². The maximum absolute atomic E-state index is 12.4. The van der Waals surface area contributed by atoms with E-state index in [0.29, 0.717) is 11.0 Å². The van der Waals surface area contributed by atoms with Crippen LogP contribution in [0.4, 0.5) is 0 Å². The van der Waals surface area contributed by atoms with E-state index in [0.717, 1.165) is 6.42 Å². The Morgan fingerprint density at radius 3 is 2.29 bits per heavy atom. The lowest BCUT2D eigenvalue weighted by Crippen LogP contribution is -2.31. The van der Waals surface area contributed by atoms with Crippen LogP contribution in [0.2, 0.25) is 0 Å². The molecule has 0 heterocycles. The first-order chi connectivity index (χ1) is 11.8. The number of carbonyl (C=O) groups excluding carboxylic acids is 1. The van der Waals surface area contributed by atoms with Gasteiger partial charge in [0.25, 0.3) is 0 Å². The minimum atomic E-state index is 0.0327. The summed E-state index contributed by atoms with van der Waals surface area (Å²) in [4.78, 5) is 12.4. The molecule has 0 bridgehead atoms. The van der Waals surface area contributed by atoms with E-state index < -0.39 is 0 Å². The van der Waals surface area contributed by atoms with Gasteiger partial charge in [-0.15, -0.1) is 11.8 Å². The minimum Gasteiger partial charge on any atom is -0.348 e. The third kappa shape index (κ3) is 5.13. The Hall–Kier alpha value is -1.74. The first kappa shape index (κ1) is 17.1. The second kappa shape index (κ2) is 8.93. The number of rotatable bonds is 7. The average Bonchev–Trinajstić information content (AvgIpc) is 3.15. The van der Waals surface area contributed by atoms with Crippen molar-refractivity contribution < 1.29 is 4.79 Å². The fraction of sp³-hybridized carbons (Fsp3) is 0.381. The van der Waals surface area contributed by atoms with E-state index in [2.05, 4.69) is 41.7 Å². The summed E-state index contributed by atoms with van der Waals surface area (Å²) in [7, 11) is 0. The smallest absolute Gasteiger partial charge is 0.230 e. The van der Waals surface area contributed by atoms with E-state index in [1.807, 2.05) is 36.0 Å². The van der Waals surface area contributed by atoms with Crippen LogP contribution in [0.25, 0.3) is 0 Å². The summed E-state index contributed by atoms with van der Waals surface area (Å²) in [6.07, 6.45) is 6.00. The fourth-order valence-corrected chi connectivity index (χ4v) is 4.41. The van der Waals surface area contributed by atoms with Gasteiger partial charge in [0, 0.05) is 5.25 Å². The van der Waals surface area contributed by atoms with Gasteiger partial charge in [-0.1, -0.05) is 73.5 Å². The largest absolute Gasteiger partial charge is 0.348 e. The van der Waals surface area contributed by atoms with Gasteiger partial charge in [-0.25, -0.2) is 0 Å². The molecule has 1 aliphatic carbocycles. The van der Waals surface area contributed by atoms with Gasteiger partial charge in [0.1, 0.15) is 0 Å². The minimum absolute atomic E-state index is 0.0327. The molecule has 1 fully saturated rings. The maximum Gasteiger partial charge on any atom is 0.230 e. The molecule has 0 radical (unpaired) electrons. The monoisotopic (exact) mass is 339 g/mol. The Labute approximate surface area is 149 Å². The number of benzene rings is 2. The molecule has 2 aromatic rings. The highest BCUT2D eigenvalue weighted by atomic mass is 32.2. The molecule has 1 N–H and O–H groups in total. The highest BCUT2D eigenvalue weighted by molar-refractivity contribution is 8.00. The van der Waals surface area contributed by atoms with Crippen molar-refractivity contribution in [1.29, 1.82) is 0 Å². The molecular weight excluding hydrogens is 314 g/mol. The summed E-state index contributed by atoms with van der Waals surface area (Å²) in [6, 6.07) is 20.7. The van der Waals surface area contributed by atoms with Crippen LogP contribution in [0.1, 0.15) is 42.9 Å². The Balaban J connectivity index is 1.62. The second-order valence-corrected chi connectivity index (χ2v) is 7.73. The fourth-order valence-electron chi connectivity index (χ4n) is 3.27. The van der Waals surface area contributed by atoms with Crippen molar-refractivity contribution in [1.82, 2.24) is 5.32 Å². The van der Waals surface area contributed by atoms with Crippen LogP contribution in [0, 0.1) is 0 Å². The zero-order valence-corrected chi connectivity index (χ0v) is 14.8. The van der Waals surface area contributed by atoms with Crippen LogP contribution in [-0.2, 0) is 11.2 Å². The summed E-state index contributed by atoms with van der Waals surface area (Å²) >= 11 is 1.82. The molecule has 1 aliphatic rings. The molecule has 0 aliphatic heterocycles. The Morgan fingerprint density at radius 1 is 1.00 bits per heavy atom. The highest BCUT2D eigenvalue weighted by Crippen LogP contribution is 2.29. The van der Waals surface area contributed by atoms with Crippen LogP contribution in [-0.4, -0.2) is 16.9 Å². The average molecular weight is 340 g/mol. The normalized spacial score (nSPS) is 16.0. The van der Waals surface area contributed by atoms with Gasteiger partial charge < -0.3 is 5.32 Å². The lowest BCUT2D eigenvalue weighted by molar-refractivity contribution is -0.119. The van der Waals surface area contributed by atoms with Crippen LogP contribution in [0.15, 0.2) is 60.7 Å². The van der Waals surface area contributed by atoms with Gasteiger partial charge in [-0.05, 0) is 30.4 Å². The topological polar surface area (TPSA) is 29.1 Å². The zero-order chi connectivity index (χ0) is 16.6. The molecule has 0 aromatic heterocycles. The van der Waals surface area contributed by atoms with Crippen molar-refractivity contribution in [3.05, 3.63) is 71.8 Å². The number of carbonyl (C=O) groups is 1. The second-order valence-electron chi connectivity index (χ2n) is 6.44. The van der Waals surface area contributed by atoms with E-state index in [-0.39, 0.29) is 11.9 Å². The van der Waals surface area contributed by atoms with Gasteiger partial charge in [-0.3, -0.25) is 4.79 Å². The SMILES string of the molecule is O=C(CSC1CCCC1)N[C@H](Cc1ccccc1)c1ccccc1. The van der Waals surface area contributed by atoms with Crippen molar-refractivity contribution in [2.45, 2.75) is 43.4 Å². The van der Waals surface area contributed by atoms with E-state index in [9.17, 15) is 4.79 Å². The highest BCUT2D eigenvalue weighted by Gasteiger charge is 2.19. The van der Waals surface area contributed by atoms with Crippen LogP contribution in [0.3, 0.4) is 0 Å². The van der Waals surface area contributed by atoms with Gasteiger partial charge in [0.15, 0.2) is 0 Å². The van der Waals surface area contributed by atoms with Gasteiger partial charge in [0.05, 0.1) is 11.8 Å². The zero-order valence-electron chi connectivity index (χ0n) is 14.0.